The zero-order valence-corrected chi connectivity index (χ0v) is 14.6. The Morgan fingerprint density at radius 1 is 1.05 bits per heavy atom. The van der Waals surface area contributed by atoms with Crippen LogP contribution in [0.2, 0.25) is 11.4 Å². The van der Waals surface area contributed by atoms with Gasteiger partial charge >= 0.3 is 80.6 Å². The van der Waals surface area contributed by atoms with Crippen LogP contribution < -0.4 is 33.7 Å². The second kappa shape index (κ2) is 9.57. The van der Waals surface area contributed by atoms with Gasteiger partial charge < -0.3 is 20.4 Å². The molecule has 19 heavy (non-hydrogen) atoms. The van der Waals surface area contributed by atoms with Crippen LogP contribution in [0.1, 0.15) is 12.8 Å². The van der Waals surface area contributed by atoms with Crippen molar-refractivity contribution in [2.45, 2.75) is 29.9 Å². The van der Waals surface area contributed by atoms with E-state index in [4.69, 9.17) is 20.4 Å². The molecular formula is C8H14AsNaO9. The van der Waals surface area contributed by atoms with Crippen LogP contribution in [0.5, 0.6) is 0 Å². The smallest absolute Gasteiger partial charge is 0.481 e. The zero-order valence-electron chi connectivity index (χ0n) is 10.7. The molecule has 0 unspecified atom stereocenters. The summed E-state index contributed by atoms with van der Waals surface area (Å²) in [4.78, 5) is 30.5. The van der Waals surface area contributed by atoms with E-state index in [1.807, 2.05) is 0 Å². The monoisotopic (exact) mass is 352 g/mol. The van der Waals surface area contributed by atoms with Gasteiger partial charge in [-0.3, -0.25) is 9.59 Å². The zero-order chi connectivity index (χ0) is 15.1. The summed E-state index contributed by atoms with van der Waals surface area (Å²) in [6, 6.07) is 0. The molecule has 0 bridgehead atoms. The van der Waals surface area contributed by atoms with E-state index in [1.165, 1.54) is 11.4 Å². The maximum atomic E-state index is 10.3. The van der Waals surface area contributed by atoms with E-state index in [9.17, 15) is 22.2 Å². The molecule has 0 radical (unpaired) electrons. The van der Waals surface area contributed by atoms with E-state index in [2.05, 4.69) is 0 Å². The van der Waals surface area contributed by atoms with Crippen LogP contribution in [0.25, 0.3) is 0 Å². The first-order valence-corrected chi connectivity index (χ1v) is 9.72. The molecule has 0 aliphatic rings. The fraction of sp³-hybridized carbons (Fsp3) is 0.625. The summed E-state index contributed by atoms with van der Waals surface area (Å²) in [6.45, 7) is 0. The van der Waals surface area contributed by atoms with Crippen LogP contribution >= 0.6 is 0 Å². The third kappa shape index (κ3) is 17.7. The fourth-order valence-electron chi connectivity index (χ4n) is 0.714. The van der Waals surface area contributed by atoms with Crippen LogP contribution in [0.15, 0.2) is 0 Å². The number of aliphatic hydroxyl groups is 1. The van der Waals surface area contributed by atoms with E-state index in [0.717, 1.165) is 0 Å². The second-order valence-corrected chi connectivity index (χ2v) is 8.98. The number of carbonyl (C=O) groups is 3. The van der Waals surface area contributed by atoms with Gasteiger partial charge in [0.25, 0.3) is 0 Å². The molecule has 0 aromatic rings. The molecule has 4 N–H and O–H groups in total. The SMILES string of the molecule is C[As](C)(=O)[O-].O=C(O)CC(O)(CC(=O)O)C(=O)O.[Na+]. The summed E-state index contributed by atoms with van der Waals surface area (Å²) < 4.78 is 19.4. The van der Waals surface area contributed by atoms with Crippen LogP contribution in [0.4, 0.5) is 0 Å². The van der Waals surface area contributed by atoms with Crippen molar-refractivity contribution >= 4 is 31.7 Å². The van der Waals surface area contributed by atoms with Gasteiger partial charge in [-0.1, -0.05) is 0 Å². The van der Waals surface area contributed by atoms with E-state index in [1.54, 1.807) is 0 Å². The first-order valence-electron chi connectivity index (χ1n) is 4.43. The minimum atomic E-state index is -3.38. The van der Waals surface area contributed by atoms with E-state index in [0.29, 0.717) is 0 Å². The minimum absolute atomic E-state index is 0. The van der Waals surface area contributed by atoms with Crippen molar-refractivity contribution in [3.8, 4) is 0 Å². The predicted molar refractivity (Wildman–Crippen MR) is 55.3 cm³/mol. The first kappa shape index (κ1) is 23.8. The molecule has 0 fully saturated rings. The standard InChI is InChI=1S/C6H8O7.C2H7AsO2.Na/c7-3(8)1-6(13,5(11)12)2-4(9)10;1-3(2,4)5;/h13H,1-2H2,(H,7,8)(H,9,10)(H,11,12);1-2H3,(H,4,5);/q;;+1/p-1. The molecule has 0 rings (SSSR count). The number of aliphatic carboxylic acids is 3. The molecule has 0 saturated heterocycles. The molecule has 0 saturated carbocycles. The Morgan fingerprint density at radius 3 is 1.37 bits per heavy atom. The largest absolute Gasteiger partial charge is 1.00 e. The average Bonchev–Trinajstić information content (AvgIpc) is 1.95. The van der Waals surface area contributed by atoms with Crippen molar-refractivity contribution in [2.24, 2.45) is 0 Å². The van der Waals surface area contributed by atoms with Crippen LogP contribution in [-0.4, -0.2) is 57.8 Å². The summed E-state index contributed by atoms with van der Waals surface area (Å²) in [5.74, 6) is -5.02. The van der Waals surface area contributed by atoms with Gasteiger partial charge in [0.2, 0.25) is 0 Å². The van der Waals surface area contributed by atoms with Crippen LogP contribution in [0, 0.1) is 0 Å². The molecule has 0 aromatic carbocycles. The van der Waals surface area contributed by atoms with Crippen molar-refractivity contribution in [3.05, 3.63) is 0 Å². The molecule has 0 aliphatic heterocycles. The number of hydrogen-bond donors (Lipinski definition) is 4. The maximum Gasteiger partial charge on any atom is 1.00 e. The minimum Gasteiger partial charge on any atom is -0.481 e. The van der Waals surface area contributed by atoms with Crippen LogP contribution in [-0.2, 0) is 18.1 Å². The topological polar surface area (TPSA) is 172 Å². The Labute approximate surface area is 133 Å². The Balaban J connectivity index is -0.000000366. The van der Waals surface area contributed by atoms with Crippen molar-refractivity contribution in [3.63, 3.8) is 0 Å². The molecule has 0 aromatic heterocycles. The van der Waals surface area contributed by atoms with Gasteiger partial charge in [-0.25, -0.2) is 4.79 Å². The maximum absolute atomic E-state index is 10.3. The summed E-state index contributed by atoms with van der Waals surface area (Å²) in [5, 5.41) is 33.8. The van der Waals surface area contributed by atoms with Gasteiger partial charge in [0, 0.05) is 0 Å². The Morgan fingerprint density at radius 2 is 1.26 bits per heavy atom. The van der Waals surface area contributed by atoms with Crippen molar-refractivity contribution in [1.82, 2.24) is 0 Å². The van der Waals surface area contributed by atoms with E-state index < -0.39 is 50.2 Å². The molecule has 0 heterocycles. The Kier molecular flexibility index (Phi) is 12.0. The third-order valence-corrected chi connectivity index (χ3v) is 1.29. The van der Waals surface area contributed by atoms with Gasteiger partial charge in [-0.15, -0.1) is 0 Å². The van der Waals surface area contributed by atoms with Gasteiger partial charge in [0.15, 0.2) is 5.60 Å². The summed E-state index contributed by atoms with van der Waals surface area (Å²) >= 11 is -3.38. The second-order valence-electron chi connectivity index (χ2n) is 3.73. The first-order chi connectivity index (χ1) is 7.78. The van der Waals surface area contributed by atoms with Crippen molar-refractivity contribution < 1.29 is 72.2 Å². The Hall–Kier alpha value is -0.312. The number of carboxylic acids is 3. The summed E-state index contributed by atoms with van der Waals surface area (Å²) in [6.07, 6.45) is -2.29. The molecule has 106 valence electrons. The van der Waals surface area contributed by atoms with Crippen molar-refractivity contribution in [2.75, 3.05) is 0 Å². The average molecular weight is 352 g/mol. The van der Waals surface area contributed by atoms with E-state index >= 15 is 0 Å². The van der Waals surface area contributed by atoms with Crippen molar-refractivity contribution in [1.29, 1.82) is 0 Å². The van der Waals surface area contributed by atoms with Gasteiger partial charge in [-0.2, -0.15) is 0 Å². The molecule has 0 amide bonds. The molecule has 9 nitrogen and oxygen atoms in total. The quantitative estimate of drug-likeness (QED) is 0.354. The fourth-order valence-corrected chi connectivity index (χ4v) is 0.714. The van der Waals surface area contributed by atoms with E-state index in [-0.39, 0.29) is 29.6 Å². The predicted octanol–water partition coefficient (Wildman–Crippen LogP) is -4.77. The summed E-state index contributed by atoms with van der Waals surface area (Å²) in [5.41, 5.74) is -0.242. The molecule has 0 atom stereocenters. The number of rotatable bonds is 5. The molecule has 11 heteroatoms. The van der Waals surface area contributed by atoms with Gasteiger partial charge in [-0.05, 0) is 0 Å². The molecule has 0 aliphatic carbocycles. The normalized spacial score (nSPS) is 10.5. The van der Waals surface area contributed by atoms with Crippen LogP contribution in [0.3, 0.4) is 0 Å². The number of carboxylic acid groups (broad SMARTS) is 3. The van der Waals surface area contributed by atoms with Gasteiger partial charge in [0.05, 0.1) is 12.8 Å². The molecular weight excluding hydrogens is 338 g/mol. The molecule has 0 spiro atoms. The van der Waals surface area contributed by atoms with Gasteiger partial charge in [0.1, 0.15) is 0 Å². The summed E-state index contributed by atoms with van der Waals surface area (Å²) in [7, 11) is 0. The third-order valence-electron chi connectivity index (χ3n) is 1.29. The number of hydrogen-bond acceptors (Lipinski definition) is 6. The Bertz CT molecular complexity index is 350.